The smallest absolute Gasteiger partial charge is 0.253 e. The Morgan fingerprint density at radius 2 is 1.84 bits per heavy atom. The van der Waals surface area contributed by atoms with E-state index in [0.717, 1.165) is 40.9 Å². The van der Waals surface area contributed by atoms with Crippen LogP contribution in [0.2, 0.25) is 5.02 Å². The molecular formula is C23H24ClN3O3S2. The van der Waals surface area contributed by atoms with E-state index in [1.165, 1.54) is 16.4 Å². The van der Waals surface area contributed by atoms with Gasteiger partial charge in [0.25, 0.3) is 5.91 Å². The molecule has 2 aliphatic rings. The number of benzene rings is 2. The Morgan fingerprint density at radius 1 is 1.06 bits per heavy atom. The van der Waals surface area contributed by atoms with Crippen molar-refractivity contribution >= 4 is 49.1 Å². The molecule has 3 aromatic rings. The lowest BCUT2D eigenvalue weighted by Crippen LogP contribution is -2.39. The minimum absolute atomic E-state index is 0.0200. The zero-order valence-electron chi connectivity index (χ0n) is 17.5. The Balaban J connectivity index is 1.39. The number of halogens is 1. The number of hydrogen-bond donors (Lipinski definition) is 0. The number of amides is 1. The van der Waals surface area contributed by atoms with E-state index in [1.807, 2.05) is 23.1 Å². The maximum absolute atomic E-state index is 13.3. The number of likely N-dealkylation sites (tertiary alicyclic amines) is 1. The molecule has 2 fully saturated rings. The molecule has 0 unspecified atom stereocenters. The van der Waals surface area contributed by atoms with Crippen LogP contribution in [0.25, 0.3) is 10.2 Å². The normalized spacial score (nSPS) is 20.2. The van der Waals surface area contributed by atoms with E-state index in [-0.39, 0.29) is 21.7 Å². The minimum Gasteiger partial charge on any atom is -0.338 e. The molecule has 0 aliphatic carbocycles. The molecule has 168 valence electrons. The van der Waals surface area contributed by atoms with Crippen LogP contribution in [-0.4, -0.2) is 54.7 Å². The third-order valence-corrected chi connectivity index (χ3v) is 9.81. The highest BCUT2D eigenvalue weighted by Gasteiger charge is 2.32. The lowest BCUT2D eigenvalue weighted by molar-refractivity contribution is 0.0707. The van der Waals surface area contributed by atoms with Gasteiger partial charge in [-0.1, -0.05) is 23.7 Å². The van der Waals surface area contributed by atoms with Crippen molar-refractivity contribution in [3.63, 3.8) is 0 Å². The van der Waals surface area contributed by atoms with Crippen LogP contribution in [-0.2, 0) is 10.0 Å². The molecule has 2 aliphatic heterocycles. The van der Waals surface area contributed by atoms with Gasteiger partial charge >= 0.3 is 0 Å². The number of piperidine rings is 1. The molecule has 1 aromatic heterocycles. The summed E-state index contributed by atoms with van der Waals surface area (Å²) < 4.78 is 28.7. The summed E-state index contributed by atoms with van der Waals surface area (Å²) in [5.74, 6) is 0.0237. The lowest BCUT2D eigenvalue weighted by Gasteiger charge is -2.32. The van der Waals surface area contributed by atoms with Crippen LogP contribution in [0.3, 0.4) is 0 Å². The van der Waals surface area contributed by atoms with Crippen LogP contribution in [0.4, 0.5) is 0 Å². The van der Waals surface area contributed by atoms with Gasteiger partial charge in [0.2, 0.25) is 10.0 Å². The van der Waals surface area contributed by atoms with Crippen molar-refractivity contribution in [3.05, 3.63) is 58.1 Å². The maximum atomic E-state index is 13.3. The molecule has 1 amide bonds. The average molecular weight is 490 g/mol. The fourth-order valence-electron chi connectivity index (χ4n) is 4.51. The fourth-order valence-corrected chi connectivity index (χ4v) is 7.62. The van der Waals surface area contributed by atoms with Crippen LogP contribution in [0, 0.1) is 0 Å². The van der Waals surface area contributed by atoms with E-state index in [2.05, 4.69) is 6.07 Å². The summed E-state index contributed by atoms with van der Waals surface area (Å²) in [7, 11) is -3.70. The summed E-state index contributed by atoms with van der Waals surface area (Å²) in [4.78, 5) is 19.9. The van der Waals surface area contributed by atoms with Crippen LogP contribution in [0.5, 0.6) is 0 Å². The Morgan fingerprint density at radius 3 is 2.62 bits per heavy atom. The number of fused-ring (bicyclic) bond motifs is 1. The zero-order chi connectivity index (χ0) is 22.3. The zero-order valence-corrected chi connectivity index (χ0v) is 19.9. The van der Waals surface area contributed by atoms with E-state index in [4.69, 9.17) is 16.6 Å². The van der Waals surface area contributed by atoms with Crippen molar-refractivity contribution in [3.8, 4) is 0 Å². The van der Waals surface area contributed by atoms with Crippen LogP contribution in [0.1, 0.15) is 47.0 Å². The molecule has 0 saturated carbocycles. The van der Waals surface area contributed by atoms with Crippen molar-refractivity contribution in [2.75, 3.05) is 26.2 Å². The molecule has 0 bridgehead atoms. The highest BCUT2D eigenvalue weighted by Crippen LogP contribution is 2.34. The molecule has 9 heteroatoms. The first-order valence-electron chi connectivity index (χ1n) is 10.9. The fraction of sp³-hybridized carbons (Fsp3) is 0.391. The summed E-state index contributed by atoms with van der Waals surface area (Å²) in [5, 5.41) is 1.21. The van der Waals surface area contributed by atoms with E-state index in [1.54, 1.807) is 17.4 Å². The van der Waals surface area contributed by atoms with Crippen molar-refractivity contribution in [2.45, 2.75) is 36.5 Å². The summed E-state index contributed by atoms with van der Waals surface area (Å²) in [6.07, 6.45) is 3.56. The maximum Gasteiger partial charge on any atom is 0.253 e. The second-order valence-electron chi connectivity index (χ2n) is 8.37. The van der Waals surface area contributed by atoms with Gasteiger partial charge in [-0.25, -0.2) is 13.4 Å². The number of rotatable bonds is 4. The standard InChI is InChI=1S/C23H24ClN3O3S2/c24-18-10-9-16(14-21(18)32(29,30)27-12-3-4-13-27)23(28)26-11-5-6-17(15-26)22-25-19-7-1-2-8-20(19)31-22/h1-2,7-10,14,17H,3-6,11-13,15H2/t17-/m0/s1. The molecule has 32 heavy (non-hydrogen) atoms. The molecular weight excluding hydrogens is 466 g/mol. The SMILES string of the molecule is O=C(c1ccc(Cl)c(S(=O)(=O)N2CCCC2)c1)N1CCC[C@H](c2nc3ccccc3s2)C1. The van der Waals surface area contributed by atoms with Crippen molar-refractivity contribution in [1.82, 2.24) is 14.2 Å². The second-order valence-corrected chi connectivity index (χ2v) is 11.7. The monoisotopic (exact) mass is 489 g/mol. The van der Waals surface area contributed by atoms with Crippen molar-refractivity contribution in [2.24, 2.45) is 0 Å². The lowest BCUT2D eigenvalue weighted by atomic mass is 9.98. The predicted molar refractivity (Wildman–Crippen MR) is 127 cm³/mol. The predicted octanol–water partition coefficient (Wildman–Crippen LogP) is 4.75. The molecule has 2 aromatic carbocycles. The van der Waals surface area contributed by atoms with Gasteiger partial charge in [0.15, 0.2) is 0 Å². The number of thiazole rings is 1. The van der Waals surface area contributed by atoms with Gasteiger partial charge in [-0.05, 0) is 56.0 Å². The van der Waals surface area contributed by atoms with Gasteiger partial charge in [-0.3, -0.25) is 4.79 Å². The van der Waals surface area contributed by atoms with Crippen LogP contribution < -0.4 is 0 Å². The summed E-state index contributed by atoms with van der Waals surface area (Å²) in [6, 6.07) is 12.7. The summed E-state index contributed by atoms with van der Waals surface area (Å²) >= 11 is 7.94. The highest BCUT2D eigenvalue weighted by atomic mass is 35.5. The first-order valence-corrected chi connectivity index (χ1v) is 13.5. The van der Waals surface area contributed by atoms with Gasteiger partial charge in [0, 0.05) is 37.7 Å². The third kappa shape index (κ3) is 4.05. The minimum atomic E-state index is -3.70. The Bertz CT molecular complexity index is 1240. The largest absolute Gasteiger partial charge is 0.338 e. The number of hydrogen-bond acceptors (Lipinski definition) is 5. The summed E-state index contributed by atoms with van der Waals surface area (Å²) in [5.41, 5.74) is 1.35. The van der Waals surface area contributed by atoms with Gasteiger partial charge < -0.3 is 4.90 Å². The Hall–Kier alpha value is -2.00. The number of nitrogens with zero attached hydrogens (tertiary/aromatic N) is 3. The first-order chi connectivity index (χ1) is 15.4. The molecule has 0 spiro atoms. The van der Waals surface area contributed by atoms with E-state index in [9.17, 15) is 13.2 Å². The number of para-hydroxylation sites is 1. The molecule has 5 rings (SSSR count). The van der Waals surface area contributed by atoms with Gasteiger partial charge in [-0.2, -0.15) is 4.31 Å². The van der Waals surface area contributed by atoms with Gasteiger partial charge in [0.05, 0.1) is 20.2 Å². The number of sulfonamides is 1. The molecule has 1 atom stereocenters. The van der Waals surface area contributed by atoms with Crippen molar-refractivity contribution in [1.29, 1.82) is 0 Å². The second kappa shape index (κ2) is 8.74. The quantitative estimate of drug-likeness (QED) is 0.530. The Kier molecular flexibility index (Phi) is 5.96. The molecule has 0 N–H and O–H groups in total. The molecule has 6 nitrogen and oxygen atoms in total. The first kappa shape index (κ1) is 21.8. The van der Waals surface area contributed by atoms with E-state index < -0.39 is 10.0 Å². The Labute approximate surface area is 196 Å². The number of aromatic nitrogens is 1. The molecule has 3 heterocycles. The topological polar surface area (TPSA) is 70.6 Å². The van der Waals surface area contributed by atoms with Crippen LogP contribution >= 0.6 is 22.9 Å². The van der Waals surface area contributed by atoms with E-state index >= 15 is 0 Å². The van der Waals surface area contributed by atoms with Gasteiger partial charge in [0.1, 0.15) is 4.90 Å². The molecule has 0 radical (unpaired) electrons. The van der Waals surface area contributed by atoms with Crippen molar-refractivity contribution < 1.29 is 13.2 Å². The number of carbonyl (C=O) groups excluding carboxylic acids is 1. The molecule has 2 saturated heterocycles. The highest BCUT2D eigenvalue weighted by molar-refractivity contribution is 7.89. The average Bonchev–Trinajstić information content (AvgIpc) is 3.49. The third-order valence-electron chi connectivity index (χ3n) is 6.23. The number of carbonyl (C=O) groups is 1. The summed E-state index contributed by atoms with van der Waals surface area (Å²) in [6.45, 7) is 2.21. The van der Waals surface area contributed by atoms with Gasteiger partial charge in [-0.15, -0.1) is 11.3 Å². The van der Waals surface area contributed by atoms with Crippen LogP contribution in [0.15, 0.2) is 47.4 Å². The van der Waals surface area contributed by atoms with E-state index in [0.29, 0.717) is 31.7 Å².